The molecule has 5 rings (SSSR count). The van der Waals surface area contributed by atoms with Gasteiger partial charge in [-0.05, 0) is 56.4 Å². The highest BCUT2D eigenvalue weighted by Gasteiger charge is 2.30. The summed E-state index contributed by atoms with van der Waals surface area (Å²) in [5, 5.41) is 13.7. The Balaban J connectivity index is 1.45. The first-order valence-electron chi connectivity index (χ1n) is 11.6. The largest absolute Gasteiger partial charge is 0.419 e. The second-order valence-corrected chi connectivity index (χ2v) is 8.94. The Morgan fingerprint density at radius 3 is 2.71 bits per heavy atom. The summed E-state index contributed by atoms with van der Waals surface area (Å²) in [7, 11) is 0. The summed E-state index contributed by atoms with van der Waals surface area (Å²) >= 11 is 6.27. The van der Waals surface area contributed by atoms with Gasteiger partial charge in [0.1, 0.15) is 0 Å². The summed E-state index contributed by atoms with van der Waals surface area (Å²) in [6, 6.07) is 15.4. The molecular formula is C26H26ClN5O2. The quantitative estimate of drug-likeness (QED) is 0.356. The van der Waals surface area contributed by atoms with Crippen molar-refractivity contribution in [1.29, 1.82) is 0 Å². The van der Waals surface area contributed by atoms with E-state index in [9.17, 15) is 4.79 Å². The monoisotopic (exact) mass is 475 g/mol. The van der Waals surface area contributed by atoms with E-state index in [1.807, 2.05) is 48.0 Å². The van der Waals surface area contributed by atoms with Crippen LogP contribution in [-0.2, 0) is 19.4 Å². The maximum absolute atomic E-state index is 13.7. The third kappa shape index (κ3) is 4.12. The lowest BCUT2D eigenvalue weighted by Gasteiger charge is -2.19. The number of aryl methyl sites for hydroxylation is 1. The van der Waals surface area contributed by atoms with Crippen molar-refractivity contribution in [3.8, 4) is 17.1 Å². The van der Waals surface area contributed by atoms with E-state index < -0.39 is 0 Å². The van der Waals surface area contributed by atoms with Crippen LogP contribution in [0.1, 0.15) is 53.0 Å². The molecule has 0 fully saturated rings. The zero-order chi connectivity index (χ0) is 23.7. The van der Waals surface area contributed by atoms with Gasteiger partial charge in [-0.25, -0.2) is 4.68 Å². The summed E-state index contributed by atoms with van der Waals surface area (Å²) in [4.78, 5) is 15.4. The van der Waals surface area contributed by atoms with Crippen molar-refractivity contribution < 1.29 is 9.21 Å². The molecular weight excluding hydrogens is 450 g/mol. The molecule has 0 aliphatic heterocycles. The molecule has 174 valence electrons. The van der Waals surface area contributed by atoms with Crippen LogP contribution in [0.15, 0.2) is 52.9 Å². The molecule has 2 aromatic carbocycles. The molecule has 1 aliphatic carbocycles. The van der Waals surface area contributed by atoms with Gasteiger partial charge < -0.3 is 9.32 Å². The number of nitrogens with zero attached hydrogens (tertiary/aromatic N) is 5. The summed E-state index contributed by atoms with van der Waals surface area (Å²) < 4.78 is 7.83. The van der Waals surface area contributed by atoms with Crippen LogP contribution >= 0.6 is 11.6 Å². The number of hydrogen-bond acceptors (Lipinski definition) is 5. The van der Waals surface area contributed by atoms with Gasteiger partial charge in [0, 0.05) is 17.8 Å². The molecule has 2 heterocycles. The van der Waals surface area contributed by atoms with Crippen molar-refractivity contribution in [1.82, 2.24) is 24.9 Å². The third-order valence-electron chi connectivity index (χ3n) is 6.15. The fourth-order valence-electron chi connectivity index (χ4n) is 4.51. The molecule has 4 aromatic rings. The summed E-state index contributed by atoms with van der Waals surface area (Å²) in [6.45, 7) is 4.89. The maximum atomic E-state index is 13.7. The van der Waals surface area contributed by atoms with Gasteiger partial charge in [0.05, 0.1) is 22.8 Å². The van der Waals surface area contributed by atoms with Gasteiger partial charge >= 0.3 is 0 Å². The number of carbonyl (C=O) groups excluding carboxylic acids is 1. The van der Waals surface area contributed by atoms with Crippen LogP contribution in [0, 0.1) is 6.92 Å². The number of para-hydroxylation sites is 1. The van der Waals surface area contributed by atoms with Crippen molar-refractivity contribution in [2.45, 2.75) is 46.1 Å². The van der Waals surface area contributed by atoms with Crippen LogP contribution < -0.4 is 0 Å². The Labute approximate surface area is 203 Å². The van der Waals surface area contributed by atoms with Crippen LogP contribution in [0.4, 0.5) is 0 Å². The van der Waals surface area contributed by atoms with E-state index >= 15 is 0 Å². The van der Waals surface area contributed by atoms with Gasteiger partial charge in [0.15, 0.2) is 5.69 Å². The van der Waals surface area contributed by atoms with Gasteiger partial charge in [-0.1, -0.05) is 48.9 Å². The lowest BCUT2D eigenvalue weighted by atomic mass is 10.1. The fourth-order valence-corrected chi connectivity index (χ4v) is 4.72. The predicted octanol–water partition coefficient (Wildman–Crippen LogP) is 5.43. The maximum Gasteiger partial charge on any atom is 0.275 e. The minimum Gasteiger partial charge on any atom is -0.419 e. The number of benzene rings is 2. The van der Waals surface area contributed by atoms with E-state index in [1.54, 1.807) is 11.0 Å². The van der Waals surface area contributed by atoms with Gasteiger partial charge in [-0.3, -0.25) is 4.79 Å². The lowest BCUT2D eigenvalue weighted by molar-refractivity contribution is 0.0721. The molecule has 0 bridgehead atoms. The summed E-state index contributed by atoms with van der Waals surface area (Å²) in [5.41, 5.74) is 5.52. The Hall–Kier alpha value is -3.45. The van der Waals surface area contributed by atoms with Crippen molar-refractivity contribution >= 4 is 17.5 Å². The smallest absolute Gasteiger partial charge is 0.275 e. The molecule has 34 heavy (non-hydrogen) atoms. The molecule has 0 saturated heterocycles. The van der Waals surface area contributed by atoms with Crippen molar-refractivity contribution in [3.05, 3.63) is 82.0 Å². The highest BCUT2D eigenvalue weighted by Crippen LogP contribution is 2.30. The zero-order valence-corrected chi connectivity index (χ0v) is 20.0. The van der Waals surface area contributed by atoms with E-state index in [1.165, 1.54) is 0 Å². The number of rotatable bonds is 7. The number of hydrogen-bond donors (Lipinski definition) is 0. The topological polar surface area (TPSA) is 77.1 Å². The molecule has 0 saturated carbocycles. The first-order chi connectivity index (χ1) is 16.6. The summed E-state index contributed by atoms with van der Waals surface area (Å²) in [5.74, 6) is 0.603. The second kappa shape index (κ2) is 9.43. The van der Waals surface area contributed by atoms with Gasteiger partial charge in [0.25, 0.3) is 5.91 Å². The molecule has 0 unspecified atom stereocenters. The van der Waals surface area contributed by atoms with Gasteiger partial charge in [0.2, 0.25) is 11.8 Å². The molecule has 1 aliphatic rings. The Morgan fingerprint density at radius 1 is 1.12 bits per heavy atom. The van der Waals surface area contributed by atoms with Crippen LogP contribution in [0.25, 0.3) is 17.1 Å². The first kappa shape index (κ1) is 22.3. The van der Waals surface area contributed by atoms with Crippen molar-refractivity contribution in [2.24, 2.45) is 0 Å². The van der Waals surface area contributed by atoms with E-state index in [4.69, 9.17) is 21.1 Å². The molecule has 8 heteroatoms. The molecule has 7 nitrogen and oxygen atoms in total. The van der Waals surface area contributed by atoms with Crippen LogP contribution in [0.5, 0.6) is 0 Å². The Bertz CT molecular complexity index is 1340. The van der Waals surface area contributed by atoms with Crippen LogP contribution in [-0.4, -0.2) is 37.3 Å². The average Bonchev–Trinajstić information content (AvgIpc) is 3.56. The van der Waals surface area contributed by atoms with Crippen molar-refractivity contribution in [2.75, 3.05) is 6.54 Å². The van der Waals surface area contributed by atoms with E-state index in [0.717, 1.165) is 48.2 Å². The number of fused-ring (bicyclic) bond motifs is 1. The highest BCUT2D eigenvalue weighted by molar-refractivity contribution is 6.33. The molecule has 1 amide bonds. The third-order valence-corrected chi connectivity index (χ3v) is 6.48. The standard InChI is InChI=1S/C26H26ClN5O2/c1-3-15-31(16-23-28-29-25(34-23)18-10-5-6-12-20(18)27)26(33)24-19-11-8-14-22(19)32(30-24)21-13-7-4-9-17(21)2/h4-7,9-10,12-13H,3,8,11,14-16H2,1-2H3. The van der Waals surface area contributed by atoms with Crippen LogP contribution in [0.2, 0.25) is 5.02 Å². The predicted molar refractivity (Wildman–Crippen MR) is 130 cm³/mol. The zero-order valence-electron chi connectivity index (χ0n) is 19.3. The average molecular weight is 476 g/mol. The number of amides is 1. The lowest BCUT2D eigenvalue weighted by Crippen LogP contribution is -2.32. The second-order valence-electron chi connectivity index (χ2n) is 8.53. The summed E-state index contributed by atoms with van der Waals surface area (Å²) in [6.07, 6.45) is 3.61. The first-order valence-corrected chi connectivity index (χ1v) is 12.0. The molecule has 0 atom stereocenters. The molecule has 0 spiro atoms. The van der Waals surface area contributed by atoms with Gasteiger partial charge in [-0.2, -0.15) is 5.10 Å². The molecule has 0 N–H and O–H groups in total. The minimum atomic E-state index is -0.107. The van der Waals surface area contributed by atoms with Gasteiger partial charge in [-0.15, -0.1) is 10.2 Å². The van der Waals surface area contributed by atoms with E-state index in [2.05, 4.69) is 23.2 Å². The van der Waals surface area contributed by atoms with Crippen LogP contribution in [0.3, 0.4) is 0 Å². The Morgan fingerprint density at radius 2 is 1.91 bits per heavy atom. The van der Waals surface area contributed by atoms with E-state index in [-0.39, 0.29) is 12.5 Å². The number of carbonyl (C=O) groups is 1. The number of aromatic nitrogens is 4. The SMILES string of the molecule is CCCN(Cc1nnc(-c2ccccc2Cl)o1)C(=O)c1nn(-c2ccccc2C)c2c1CCC2. The van der Waals surface area contributed by atoms with E-state index in [0.29, 0.717) is 34.6 Å². The molecule has 0 radical (unpaired) electrons. The highest BCUT2D eigenvalue weighted by atomic mass is 35.5. The fraction of sp³-hybridized carbons (Fsp3) is 0.308. The minimum absolute atomic E-state index is 0.107. The number of halogens is 1. The van der Waals surface area contributed by atoms with Crippen molar-refractivity contribution in [3.63, 3.8) is 0 Å². The normalized spacial score (nSPS) is 12.7. The Kier molecular flexibility index (Phi) is 6.20. The molecule has 2 aromatic heterocycles.